The summed E-state index contributed by atoms with van der Waals surface area (Å²) < 4.78 is 7.50. The van der Waals surface area contributed by atoms with E-state index in [1.807, 2.05) is 23.7 Å². The third kappa shape index (κ3) is 4.27. The fourth-order valence-electron chi connectivity index (χ4n) is 5.69. The number of rotatable bonds is 5. The average Bonchev–Trinajstić information content (AvgIpc) is 3.32. The molecular formula is C27H32N4O2. The molecule has 0 aliphatic carbocycles. The number of ether oxygens (including phenoxy) is 1. The summed E-state index contributed by atoms with van der Waals surface area (Å²) in [5.74, 6) is 1.26. The molecule has 1 spiro atoms. The van der Waals surface area contributed by atoms with Gasteiger partial charge < -0.3 is 10.1 Å². The molecular weight excluding hydrogens is 412 g/mol. The molecule has 2 atom stereocenters. The van der Waals surface area contributed by atoms with Gasteiger partial charge in [-0.1, -0.05) is 24.3 Å². The van der Waals surface area contributed by atoms with Gasteiger partial charge in [-0.05, 0) is 68.1 Å². The molecule has 6 nitrogen and oxygen atoms in total. The van der Waals surface area contributed by atoms with Gasteiger partial charge in [-0.25, -0.2) is 4.68 Å². The molecule has 0 bridgehead atoms. The lowest BCUT2D eigenvalue weighted by Gasteiger charge is -2.39. The Morgan fingerprint density at radius 3 is 2.76 bits per heavy atom. The molecule has 2 saturated heterocycles. The Balaban J connectivity index is 1.42. The Kier molecular flexibility index (Phi) is 5.71. The number of hydrogen-bond donors (Lipinski definition) is 1. The van der Waals surface area contributed by atoms with E-state index in [4.69, 9.17) is 4.74 Å². The van der Waals surface area contributed by atoms with Crippen LogP contribution in [0, 0.1) is 13.8 Å². The normalized spacial score (nSPS) is 23.1. The number of amides is 1. The van der Waals surface area contributed by atoms with Crippen LogP contribution in [-0.2, 0) is 11.3 Å². The summed E-state index contributed by atoms with van der Waals surface area (Å²) in [5, 5.41) is 8.05. The second kappa shape index (κ2) is 8.67. The van der Waals surface area contributed by atoms with Crippen LogP contribution in [0.15, 0.2) is 54.6 Å². The van der Waals surface area contributed by atoms with E-state index >= 15 is 0 Å². The van der Waals surface area contributed by atoms with E-state index < -0.39 is 0 Å². The van der Waals surface area contributed by atoms with E-state index in [1.54, 1.807) is 7.11 Å². The topological polar surface area (TPSA) is 59.4 Å². The minimum Gasteiger partial charge on any atom is -0.497 e. The summed E-state index contributed by atoms with van der Waals surface area (Å²) in [7, 11) is 1.70. The van der Waals surface area contributed by atoms with Crippen molar-refractivity contribution in [3.05, 3.63) is 77.1 Å². The number of benzene rings is 2. The smallest absolute Gasteiger partial charge is 0.220 e. The Morgan fingerprint density at radius 2 is 2.00 bits per heavy atom. The van der Waals surface area contributed by atoms with Gasteiger partial charge in [0.1, 0.15) is 5.75 Å². The van der Waals surface area contributed by atoms with Crippen LogP contribution in [0.25, 0.3) is 5.69 Å². The molecule has 2 fully saturated rings. The number of nitrogens with one attached hydrogen (secondary N) is 1. The third-order valence-electron chi connectivity index (χ3n) is 7.10. The highest BCUT2D eigenvalue weighted by molar-refractivity contribution is 5.78. The van der Waals surface area contributed by atoms with E-state index in [1.165, 1.54) is 11.1 Å². The fourth-order valence-corrected chi connectivity index (χ4v) is 5.69. The highest BCUT2D eigenvalue weighted by Gasteiger charge is 2.49. The van der Waals surface area contributed by atoms with Gasteiger partial charge in [-0.15, -0.1) is 0 Å². The molecule has 5 rings (SSSR count). The van der Waals surface area contributed by atoms with Gasteiger partial charge >= 0.3 is 0 Å². The first kappa shape index (κ1) is 21.7. The second-order valence-corrected chi connectivity index (χ2v) is 9.57. The zero-order valence-corrected chi connectivity index (χ0v) is 19.7. The van der Waals surface area contributed by atoms with Crippen LogP contribution in [0.1, 0.15) is 47.7 Å². The maximum atomic E-state index is 12.5. The lowest BCUT2D eigenvalue weighted by atomic mass is 9.76. The monoisotopic (exact) mass is 444 g/mol. The highest BCUT2D eigenvalue weighted by atomic mass is 16.5. The van der Waals surface area contributed by atoms with Crippen LogP contribution in [0.2, 0.25) is 0 Å². The number of nitrogens with zero attached hydrogens (tertiary/aromatic N) is 3. The molecule has 3 heterocycles. The molecule has 3 aromatic rings. The Morgan fingerprint density at radius 1 is 1.15 bits per heavy atom. The van der Waals surface area contributed by atoms with Gasteiger partial charge in [0.05, 0.1) is 24.0 Å². The summed E-state index contributed by atoms with van der Waals surface area (Å²) >= 11 is 0. The number of carbonyl (C=O) groups excluding carboxylic acids is 1. The molecule has 1 aromatic heterocycles. The summed E-state index contributed by atoms with van der Waals surface area (Å²) in [4.78, 5) is 14.9. The van der Waals surface area contributed by atoms with Crippen molar-refractivity contribution in [3.63, 3.8) is 0 Å². The van der Waals surface area contributed by atoms with E-state index in [0.717, 1.165) is 55.3 Å². The van der Waals surface area contributed by atoms with Crippen molar-refractivity contribution in [2.75, 3.05) is 20.2 Å². The van der Waals surface area contributed by atoms with Crippen molar-refractivity contribution in [3.8, 4) is 11.4 Å². The molecule has 0 saturated carbocycles. The van der Waals surface area contributed by atoms with Crippen molar-refractivity contribution in [1.82, 2.24) is 20.0 Å². The zero-order chi connectivity index (χ0) is 23.0. The average molecular weight is 445 g/mol. The molecule has 2 aromatic carbocycles. The van der Waals surface area contributed by atoms with Crippen molar-refractivity contribution >= 4 is 5.91 Å². The number of carbonyl (C=O) groups is 1. The van der Waals surface area contributed by atoms with E-state index in [-0.39, 0.29) is 17.4 Å². The summed E-state index contributed by atoms with van der Waals surface area (Å²) in [5.41, 5.74) is 5.50. The van der Waals surface area contributed by atoms with Gasteiger partial charge in [0, 0.05) is 37.7 Å². The number of aryl methyl sites for hydroxylation is 2. The van der Waals surface area contributed by atoms with Crippen molar-refractivity contribution in [2.45, 2.75) is 51.1 Å². The SMILES string of the molecule is COc1cccc([C@@H]2CN(Cc3cccc(-n4nc(C)cc4C)c3)C[C@]23CCCC(=O)N3)c1. The first-order valence-corrected chi connectivity index (χ1v) is 11.8. The first-order chi connectivity index (χ1) is 16.0. The van der Waals surface area contributed by atoms with Crippen LogP contribution in [0.3, 0.4) is 0 Å². The standard InChI is InChI=1S/C27H32N4O2/c1-19-13-20(2)31(29-19)23-9-4-7-21(14-23)16-30-17-25(22-8-5-10-24(15-22)33-3)27(18-30)12-6-11-26(32)28-27/h4-5,7-10,13-15,25H,6,11-12,16-18H2,1-3H3,(H,28,32)/t25-,27+/m0/s1. The van der Waals surface area contributed by atoms with Crippen LogP contribution in [0.5, 0.6) is 5.75 Å². The third-order valence-corrected chi connectivity index (χ3v) is 7.10. The van der Waals surface area contributed by atoms with Crippen LogP contribution in [0.4, 0.5) is 0 Å². The van der Waals surface area contributed by atoms with Gasteiger partial charge in [0.15, 0.2) is 0 Å². The molecule has 33 heavy (non-hydrogen) atoms. The van der Waals surface area contributed by atoms with Crippen molar-refractivity contribution in [2.24, 2.45) is 0 Å². The lowest BCUT2D eigenvalue weighted by molar-refractivity contribution is -0.125. The van der Waals surface area contributed by atoms with Crippen LogP contribution >= 0.6 is 0 Å². The van der Waals surface area contributed by atoms with Crippen LogP contribution < -0.4 is 10.1 Å². The quantitative estimate of drug-likeness (QED) is 0.643. The maximum absolute atomic E-state index is 12.5. The highest BCUT2D eigenvalue weighted by Crippen LogP contribution is 2.42. The summed E-state index contributed by atoms with van der Waals surface area (Å²) in [6.45, 7) is 6.70. The molecule has 172 valence electrons. The summed E-state index contributed by atoms with van der Waals surface area (Å²) in [6.07, 6.45) is 2.56. The lowest BCUT2D eigenvalue weighted by Crippen LogP contribution is -2.56. The van der Waals surface area contributed by atoms with Crippen molar-refractivity contribution in [1.29, 1.82) is 0 Å². The summed E-state index contributed by atoms with van der Waals surface area (Å²) in [6, 6.07) is 19.0. The molecule has 1 amide bonds. The van der Waals surface area contributed by atoms with E-state index in [0.29, 0.717) is 6.42 Å². The molecule has 6 heteroatoms. The van der Waals surface area contributed by atoms with Crippen molar-refractivity contribution < 1.29 is 9.53 Å². The van der Waals surface area contributed by atoms with E-state index in [2.05, 4.69) is 64.7 Å². The zero-order valence-electron chi connectivity index (χ0n) is 19.7. The number of piperidine rings is 1. The molecule has 1 N–H and O–H groups in total. The molecule has 0 radical (unpaired) electrons. The Hall–Kier alpha value is -3.12. The maximum Gasteiger partial charge on any atom is 0.220 e. The van der Waals surface area contributed by atoms with E-state index in [9.17, 15) is 4.79 Å². The predicted octanol–water partition coefficient (Wildman–Crippen LogP) is 4.14. The predicted molar refractivity (Wildman–Crippen MR) is 129 cm³/mol. The first-order valence-electron chi connectivity index (χ1n) is 11.8. The van der Waals surface area contributed by atoms with Gasteiger partial charge in [-0.2, -0.15) is 5.10 Å². The molecule has 0 unspecified atom stereocenters. The number of hydrogen-bond acceptors (Lipinski definition) is 4. The Bertz CT molecular complexity index is 1170. The Labute approximate surface area is 195 Å². The molecule has 2 aliphatic rings. The minimum absolute atomic E-state index is 0.169. The van der Waals surface area contributed by atoms with Crippen LogP contribution in [-0.4, -0.2) is 46.3 Å². The second-order valence-electron chi connectivity index (χ2n) is 9.57. The molecule has 2 aliphatic heterocycles. The van der Waals surface area contributed by atoms with Gasteiger partial charge in [0.2, 0.25) is 5.91 Å². The number of likely N-dealkylation sites (tertiary alicyclic amines) is 1. The number of methoxy groups -OCH3 is 1. The fraction of sp³-hybridized carbons (Fsp3) is 0.407. The largest absolute Gasteiger partial charge is 0.497 e. The van der Waals surface area contributed by atoms with Gasteiger partial charge in [0.25, 0.3) is 0 Å². The number of aromatic nitrogens is 2. The minimum atomic E-state index is -0.227. The van der Waals surface area contributed by atoms with Gasteiger partial charge in [-0.3, -0.25) is 9.69 Å².